The number of aliphatic hydroxyl groups excluding tert-OH is 1. The molecule has 3 N–H and O–H groups in total. The van der Waals surface area contributed by atoms with E-state index in [-0.39, 0.29) is 29.5 Å². The molecule has 28 heavy (non-hydrogen) atoms. The van der Waals surface area contributed by atoms with E-state index in [2.05, 4.69) is 0 Å². The molecule has 0 unspecified atom stereocenters. The van der Waals surface area contributed by atoms with E-state index in [4.69, 9.17) is 14.2 Å². The summed E-state index contributed by atoms with van der Waals surface area (Å²) in [7, 11) is 2.89. The van der Waals surface area contributed by atoms with Gasteiger partial charge in [0.1, 0.15) is 0 Å². The summed E-state index contributed by atoms with van der Waals surface area (Å²) in [5.41, 5.74) is 1.27. The zero-order valence-electron chi connectivity index (χ0n) is 15.8. The molecular formula is C21H24O7. The van der Waals surface area contributed by atoms with E-state index in [0.717, 1.165) is 5.56 Å². The topological polar surface area (TPSA) is 105 Å². The molecule has 0 saturated carbocycles. The second-order valence-electron chi connectivity index (χ2n) is 6.82. The molecular weight excluding hydrogens is 364 g/mol. The molecule has 0 amide bonds. The molecule has 1 aliphatic rings. The van der Waals surface area contributed by atoms with Crippen molar-refractivity contribution in [2.75, 3.05) is 14.2 Å². The van der Waals surface area contributed by atoms with E-state index in [0.29, 0.717) is 24.2 Å². The smallest absolute Gasteiger partial charge is 0.165 e. The van der Waals surface area contributed by atoms with Crippen LogP contribution in [0.1, 0.15) is 28.8 Å². The van der Waals surface area contributed by atoms with Crippen LogP contribution in [0, 0.1) is 0 Å². The van der Waals surface area contributed by atoms with Crippen LogP contribution in [0.5, 0.6) is 23.0 Å². The lowest BCUT2D eigenvalue weighted by molar-refractivity contribution is 0.00931. The largest absolute Gasteiger partial charge is 0.504 e. The zero-order chi connectivity index (χ0) is 20.3. The summed E-state index contributed by atoms with van der Waals surface area (Å²) < 4.78 is 16.0. The van der Waals surface area contributed by atoms with Crippen molar-refractivity contribution in [2.24, 2.45) is 0 Å². The van der Waals surface area contributed by atoms with Crippen molar-refractivity contribution in [1.29, 1.82) is 0 Å². The average molecular weight is 388 g/mol. The summed E-state index contributed by atoms with van der Waals surface area (Å²) in [5, 5.41) is 29.7. The van der Waals surface area contributed by atoms with Gasteiger partial charge in [0, 0.05) is 24.8 Å². The Morgan fingerprint density at radius 1 is 1.07 bits per heavy atom. The first-order valence-corrected chi connectivity index (χ1v) is 9.01. The van der Waals surface area contributed by atoms with Gasteiger partial charge >= 0.3 is 0 Å². The predicted molar refractivity (Wildman–Crippen MR) is 101 cm³/mol. The lowest BCUT2D eigenvalue weighted by atomic mass is 10.00. The van der Waals surface area contributed by atoms with Crippen LogP contribution in [0.2, 0.25) is 0 Å². The first kappa shape index (κ1) is 20.0. The quantitative estimate of drug-likeness (QED) is 0.626. The number of methoxy groups -OCH3 is 2. The molecule has 1 saturated heterocycles. The molecule has 150 valence electrons. The minimum atomic E-state index is -0.688. The van der Waals surface area contributed by atoms with E-state index in [9.17, 15) is 20.1 Å². The monoisotopic (exact) mass is 388 g/mol. The Balaban J connectivity index is 1.62. The Morgan fingerprint density at radius 2 is 1.71 bits per heavy atom. The Kier molecular flexibility index (Phi) is 6.06. The lowest BCUT2D eigenvalue weighted by Gasteiger charge is -2.16. The zero-order valence-corrected chi connectivity index (χ0v) is 15.8. The number of carbonyl (C=O) groups is 1. The number of aromatic hydroxyl groups is 2. The second kappa shape index (κ2) is 8.50. The minimum Gasteiger partial charge on any atom is -0.504 e. The molecule has 3 rings (SSSR count). The van der Waals surface area contributed by atoms with Gasteiger partial charge in [0.2, 0.25) is 0 Å². The minimum absolute atomic E-state index is 0.0315. The van der Waals surface area contributed by atoms with Gasteiger partial charge in [-0.2, -0.15) is 0 Å². The van der Waals surface area contributed by atoms with Crippen LogP contribution < -0.4 is 9.47 Å². The first-order chi connectivity index (χ1) is 13.4. The number of hydrogen-bond acceptors (Lipinski definition) is 7. The molecule has 7 heteroatoms. The van der Waals surface area contributed by atoms with Crippen LogP contribution in [0.15, 0.2) is 36.4 Å². The van der Waals surface area contributed by atoms with Crippen LogP contribution in [0.4, 0.5) is 0 Å². The van der Waals surface area contributed by atoms with Crippen LogP contribution in [0.25, 0.3) is 0 Å². The number of carbonyl (C=O) groups excluding carboxylic acids is 1. The van der Waals surface area contributed by atoms with E-state index < -0.39 is 18.3 Å². The molecule has 0 radical (unpaired) electrons. The second-order valence-corrected chi connectivity index (χ2v) is 6.82. The normalized spacial score (nSPS) is 21.5. The van der Waals surface area contributed by atoms with Crippen LogP contribution in [-0.2, 0) is 11.2 Å². The first-order valence-electron chi connectivity index (χ1n) is 9.01. The molecule has 0 spiro atoms. The van der Waals surface area contributed by atoms with Crippen molar-refractivity contribution >= 4 is 5.78 Å². The van der Waals surface area contributed by atoms with Crippen molar-refractivity contribution in [3.63, 3.8) is 0 Å². The number of ketones is 1. The highest BCUT2D eigenvalue weighted by atomic mass is 16.5. The Hall–Kier alpha value is -2.77. The third-order valence-corrected chi connectivity index (χ3v) is 4.90. The Morgan fingerprint density at radius 3 is 2.39 bits per heavy atom. The molecule has 2 aromatic carbocycles. The van der Waals surface area contributed by atoms with Crippen molar-refractivity contribution in [2.45, 2.75) is 37.6 Å². The van der Waals surface area contributed by atoms with E-state index in [1.165, 1.54) is 38.5 Å². The molecule has 1 heterocycles. The summed E-state index contributed by atoms with van der Waals surface area (Å²) in [6.45, 7) is 0. The summed E-state index contributed by atoms with van der Waals surface area (Å²) in [4.78, 5) is 12.5. The van der Waals surface area contributed by atoms with Crippen molar-refractivity contribution in [1.82, 2.24) is 0 Å². The van der Waals surface area contributed by atoms with E-state index in [1.807, 2.05) is 0 Å². The van der Waals surface area contributed by atoms with Gasteiger partial charge in [0.05, 0.1) is 32.5 Å². The van der Waals surface area contributed by atoms with Gasteiger partial charge in [-0.25, -0.2) is 0 Å². The molecule has 2 aromatic rings. The molecule has 1 aliphatic heterocycles. The van der Waals surface area contributed by atoms with E-state index in [1.54, 1.807) is 12.1 Å². The summed E-state index contributed by atoms with van der Waals surface area (Å²) >= 11 is 0. The van der Waals surface area contributed by atoms with Gasteiger partial charge in [0.15, 0.2) is 28.8 Å². The molecule has 7 nitrogen and oxygen atoms in total. The number of aliphatic hydroxyl groups is 1. The van der Waals surface area contributed by atoms with Gasteiger partial charge in [-0.05, 0) is 35.9 Å². The SMILES string of the molecule is COc1cc(C[C@H]2O[C@@H](CC(=O)c3ccc(O)c(OC)c3)C[C@H]2O)ccc1O. The van der Waals surface area contributed by atoms with Crippen LogP contribution in [-0.4, -0.2) is 53.6 Å². The summed E-state index contributed by atoms with van der Waals surface area (Å²) in [6, 6.07) is 9.42. The number of Topliss-reactive ketones (excluding diaryl/α,β-unsaturated/α-hetero) is 1. The Bertz CT molecular complexity index is 849. The van der Waals surface area contributed by atoms with Crippen LogP contribution >= 0.6 is 0 Å². The molecule has 0 aromatic heterocycles. The number of phenols is 2. The molecule has 0 bridgehead atoms. The Labute approximate surface area is 163 Å². The van der Waals surface area contributed by atoms with Gasteiger partial charge in [-0.3, -0.25) is 4.79 Å². The van der Waals surface area contributed by atoms with Gasteiger partial charge in [0.25, 0.3) is 0 Å². The highest BCUT2D eigenvalue weighted by Crippen LogP contribution is 2.31. The highest BCUT2D eigenvalue weighted by Gasteiger charge is 2.35. The van der Waals surface area contributed by atoms with Crippen molar-refractivity contribution in [3.05, 3.63) is 47.5 Å². The summed E-state index contributed by atoms with van der Waals surface area (Å²) in [5.74, 6) is 0.459. The predicted octanol–water partition coefficient (Wildman–Crippen LogP) is 2.45. The molecule has 0 aliphatic carbocycles. The maximum absolute atomic E-state index is 12.5. The summed E-state index contributed by atoms with van der Waals surface area (Å²) in [6.07, 6.45) is -0.601. The fourth-order valence-corrected chi connectivity index (χ4v) is 3.39. The maximum atomic E-state index is 12.5. The van der Waals surface area contributed by atoms with Gasteiger partial charge in [-0.15, -0.1) is 0 Å². The molecule has 3 atom stereocenters. The highest BCUT2D eigenvalue weighted by molar-refractivity contribution is 5.97. The standard InChI is InChI=1S/C21H24O7/c1-26-19-7-12(3-5-15(19)22)8-21-18(25)11-14(28-21)10-17(24)13-4-6-16(23)20(9-13)27-2/h3-7,9,14,18,21-23,25H,8,10-11H2,1-2H3/t14-,18+,21+/m0/s1. The number of phenolic OH excluding ortho intramolecular Hbond substituents is 2. The van der Waals surface area contributed by atoms with E-state index >= 15 is 0 Å². The van der Waals surface area contributed by atoms with Gasteiger partial charge < -0.3 is 29.5 Å². The lowest BCUT2D eigenvalue weighted by Crippen LogP contribution is -2.23. The average Bonchev–Trinajstić information content (AvgIpc) is 3.02. The maximum Gasteiger partial charge on any atom is 0.165 e. The number of ether oxygens (including phenoxy) is 3. The van der Waals surface area contributed by atoms with Gasteiger partial charge in [-0.1, -0.05) is 6.07 Å². The number of hydrogen-bond donors (Lipinski definition) is 3. The van der Waals surface area contributed by atoms with Crippen molar-refractivity contribution in [3.8, 4) is 23.0 Å². The number of rotatable bonds is 7. The molecule has 1 fully saturated rings. The third kappa shape index (κ3) is 4.37. The third-order valence-electron chi connectivity index (χ3n) is 4.90. The van der Waals surface area contributed by atoms with Crippen molar-refractivity contribution < 1.29 is 34.3 Å². The number of benzene rings is 2. The fourth-order valence-electron chi connectivity index (χ4n) is 3.39. The van der Waals surface area contributed by atoms with Crippen LogP contribution in [0.3, 0.4) is 0 Å². The fraction of sp³-hybridized carbons (Fsp3) is 0.381.